The van der Waals surface area contributed by atoms with Gasteiger partial charge < -0.3 is 15.5 Å². The lowest BCUT2D eigenvalue weighted by Gasteiger charge is -2.21. The average molecular weight is 287 g/mol. The van der Waals surface area contributed by atoms with E-state index in [1.807, 2.05) is 23.1 Å². The maximum atomic E-state index is 12.3. The summed E-state index contributed by atoms with van der Waals surface area (Å²) in [5.41, 5.74) is 2.87. The van der Waals surface area contributed by atoms with Crippen LogP contribution in [0, 0.1) is 0 Å². The molecular formula is C16H21N3O2. The number of anilines is 1. The number of hydrogen-bond donors (Lipinski definition) is 2. The average Bonchev–Trinajstić information content (AvgIpc) is 3.16. The van der Waals surface area contributed by atoms with Crippen molar-refractivity contribution in [3.8, 4) is 0 Å². The Morgan fingerprint density at radius 2 is 2.05 bits per heavy atom. The van der Waals surface area contributed by atoms with Gasteiger partial charge in [-0.05, 0) is 43.9 Å². The topological polar surface area (TPSA) is 61.4 Å². The molecule has 0 saturated carbocycles. The number of benzene rings is 1. The summed E-state index contributed by atoms with van der Waals surface area (Å²) in [6, 6.07) is 5.20. The van der Waals surface area contributed by atoms with Gasteiger partial charge in [0, 0.05) is 30.9 Å². The summed E-state index contributed by atoms with van der Waals surface area (Å²) in [7, 11) is 0. The van der Waals surface area contributed by atoms with Gasteiger partial charge in [-0.25, -0.2) is 0 Å². The highest BCUT2D eigenvalue weighted by Crippen LogP contribution is 2.23. The summed E-state index contributed by atoms with van der Waals surface area (Å²) < 4.78 is 0. The fourth-order valence-electron chi connectivity index (χ4n) is 2.99. The first kappa shape index (κ1) is 13.9. The number of carbonyl (C=O) groups is 2. The predicted octanol–water partition coefficient (Wildman–Crippen LogP) is 1.40. The van der Waals surface area contributed by atoms with E-state index in [1.54, 1.807) is 6.92 Å². The number of rotatable bonds is 3. The van der Waals surface area contributed by atoms with E-state index in [0.717, 1.165) is 44.6 Å². The number of hydrogen-bond acceptors (Lipinski definition) is 3. The van der Waals surface area contributed by atoms with Crippen molar-refractivity contribution in [3.63, 3.8) is 0 Å². The Labute approximate surface area is 124 Å². The third-order valence-electron chi connectivity index (χ3n) is 4.22. The molecule has 1 saturated heterocycles. The Balaban J connectivity index is 1.64. The minimum absolute atomic E-state index is 0.0140. The summed E-state index contributed by atoms with van der Waals surface area (Å²) >= 11 is 0. The van der Waals surface area contributed by atoms with E-state index in [-0.39, 0.29) is 11.8 Å². The van der Waals surface area contributed by atoms with Gasteiger partial charge >= 0.3 is 0 Å². The van der Waals surface area contributed by atoms with Crippen LogP contribution in [-0.2, 0) is 11.2 Å². The molecule has 0 radical (unpaired) electrons. The van der Waals surface area contributed by atoms with Crippen molar-refractivity contribution in [3.05, 3.63) is 29.3 Å². The highest BCUT2D eigenvalue weighted by atomic mass is 16.2. The van der Waals surface area contributed by atoms with Crippen LogP contribution in [-0.4, -0.2) is 42.4 Å². The maximum absolute atomic E-state index is 12.3. The van der Waals surface area contributed by atoms with Crippen molar-refractivity contribution in [2.24, 2.45) is 0 Å². The smallest absolute Gasteiger partial charge is 0.251 e. The van der Waals surface area contributed by atoms with Gasteiger partial charge in [0.2, 0.25) is 5.91 Å². The third kappa shape index (κ3) is 2.86. The van der Waals surface area contributed by atoms with E-state index in [2.05, 4.69) is 10.6 Å². The summed E-state index contributed by atoms with van der Waals surface area (Å²) in [5, 5.41) is 6.07. The van der Waals surface area contributed by atoms with Crippen LogP contribution in [0.5, 0.6) is 0 Å². The molecule has 2 aliphatic heterocycles. The molecule has 0 bridgehead atoms. The standard InChI is InChI=1S/C16H21N3O2/c1-11(16(21)19-8-2-3-9-19)18-15(20)13-5-4-12-6-7-17-14(12)10-13/h4-5,10-11,17H,2-3,6-9H2,1H3,(H,18,20). The van der Waals surface area contributed by atoms with Crippen LogP contribution in [0.25, 0.3) is 0 Å². The third-order valence-corrected chi connectivity index (χ3v) is 4.22. The molecule has 5 heteroatoms. The van der Waals surface area contributed by atoms with Gasteiger partial charge in [-0.15, -0.1) is 0 Å². The second-order valence-corrected chi connectivity index (χ2v) is 5.78. The molecule has 2 amide bonds. The lowest BCUT2D eigenvalue weighted by Crippen LogP contribution is -2.45. The Kier molecular flexibility index (Phi) is 3.82. The quantitative estimate of drug-likeness (QED) is 0.883. The molecule has 112 valence electrons. The Morgan fingerprint density at radius 1 is 1.29 bits per heavy atom. The van der Waals surface area contributed by atoms with Crippen LogP contribution < -0.4 is 10.6 Å². The van der Waals surface area contributed by atoms with Crippen molar-refractivity contribution in [2.45, 2.75) is 32.2 Å². The molecule has 1 aromatic carbocycles. The number of fused-ring (bicyclic) bond motifs is 1. The molecule has 2 N–H and O–H groups in total. The number of nitrogens with zero attached hydrogens (tertiary/aromatic N) is 1. The molecule has 21 heavy (non-hydrogen) atoms. The zero-order valence-corrected chi connectivity index (χ0v) is 12.3. The fourth-order valence-corrected chi connectivity index (χ4v) is 2.99. The van der Waals surface area contributed by atoms with E-state index in [9.17, 15) is 9.59 Å². The summed E-state index contributed by atoms with van der Waals surface area (Å²) in [5.74, 6) is -0.174. The molecule has 0 aliphatic carbocycles. The lowest BCUT2D eigenvalue weighted by atomic mass is 10.1. The molecule has 5 nitrogen and oxygen atoms in total. The van der Waals surface area contributed by atoms with E-state index in [4.69, 9.17) is 0 Å². The van der Waals surface area contributed by atoms with E-state index in [1.165, 1.54) is 5.56 Å². The van der Waals surface area contributed by atoms with Crippen molar-refractivity contribution in [1.29, 1.82) is 0 Å². The number of likely N-dealkylation sites (tertiary alicyclic amines) is 1. The number of amides is 2. The molecule has 1 fully saturated rings. The molecular weight excluding hydrogens is 266 g/mol. The van der Waals surface area contributed by atoms with Crippen LogP contribution >= 0.6 is 0 Å². The van der Waals surface area contributed by atoms with Gasteiger partial charge in [0.15, 0.2) is 0 Å². The first-order chi connectivity index (χ1) is 10.1. The van der Waals surface area contributed by atoms with E-state index >= 15 is 0 Å². The summed E-state index contributed by atoms with van der Waals surface area (Å²) in [4.78, 5) is 26.3. The minimum Gasteiger partial charge on any atom is -0.384 e. The van der Waals surface area contributed by atoms with Gasteiger partial charge in [0.05, 0.1) is 0 Å². The Hall–Kier alpha value is -2.04. The highest BCUT2D eigenvalue weighted by Gasteiger charge is 2.25. The normalized spacial score (nSPS) is 18.0. The van der Waals surface area contributed by atoms with E-state index < -0.39 is 6.04 Å². The van der Waals surface area contributed by atoms with Crippen LogP contribution in [0.1, 0.15) is 35.7 Å². The molecule has 3 rings (SSSR count). The molecule has 1 aromatic rings. The first-order valence-electron chi connectivity index (χ1n) is 7.61. The van der Waals surface area contributed by atoms with Crippen molar-refractivity contribution >= 4 is 17.5 Å². The molecule has 1 unspecified atom stereocenters. The zero-order valence-electron chi connectivity index (χ0n) is 12.3. The van der Waals surface area contributed by atoms with Gasteiger partial charge in [0.25, 0.3) is 5.91 Å². The van der Waals surface area contributed by atoms with Crippen LogP contribution in [0.4, 0.5) is 5.69 Å². The molecule has 1 atom stereocenters. The van der Waals surface area contributed by atoms with Crippen LogP contribution in [0.3, 0.4) is 0 Å². The molecule has 2 aliphatic rings. The molecule has 0 spiro atoms. The predicted molar refractivity (Wildman–Crippen MR) is 81.4 cm³/mol. The number of carbonyl (C=O) groups excluding carboxylic acids is 2. The van der Waals surface area contributed by atoms with Gasteiger partial charge in [-0.3, -0.25) is 9.59 Å². The van der Waals surface area contributed by atoms with Gasteiger partial charge in [0.1, 0.15) is 6.04 Å². The zero-order chi connectivity index (χ0) is 14.8. The Bertz CT molecular complexity index is 565. The second-order valence-electron chi connectivity index (χ2n) is 5.78. The van der Waals surface area contributed by atoms with Crippen LogP contribution in [0.15, 0.2) is 18.2 Å². The van der Waals surface area contributed by atoms with Crippen molar-refractivity contribution in [1.82, 2.24) is 10.2 Å². The fraction of sp³-hybridized carbons (Fsp3) is 0.500. The molecule has 2 heterocycles. The highest BCUT2D eigenvalue weighted by molar-refractivity contribution is 5.98. The van der Waals surface area contributed by atoms with Gasteiger partial charge in [-0.1, -0.05) is 6.07 Å². The SMILES string of the molecule is CC(NC(=O)c1ccc2c(c1)NCC2)C(=O)N1CCCC1. The largest absolute Gasteiger partial charge is 0.384 e. The monoisotopic (exact) mass is 287 g/mol. The van der Waals surface area contributed by atoms with E-state index in [0.29, 0.717) is 5.56 Å². The number of nitrogens with one attached hydrogen (secondary N) is 2. The minimum atomic E-state index is -0.475. The Morgan fingerprint density at radius 3 is 2.81 bits per heavy atom. The lowest BCUT2D eigenvalue weighted by molar-refractivity contribution is -0.131. The first-order valence-corrected chi connectivity index (χ1v) is 7.61. The van der Waals surface area contributed by atoms with Gasteiger partial charge in [-0.2, -0.15) is 0 Å². The van der Waals surface area contributed by atoms with Crippen molar-refractivity contribution < 1.29 is 9.59 Å². The summed E-state index contributed by atoms with van der Waals surface area (Å²) in [6.45, 7) is 4.29. The maximum Gasteiger partial charge on any atom is 0.251 e. The summed E-state index contributed by atoms with van der Waals surface area (Å²) in [6.07, 6.45) is 3.12. The second kappa shape index (κ2) is 5.76. The van der Waals surface area contributed by atoms with Crippen LogP contribution in [0.2, 0.25) is 0 Å². The molecule has 0 aromatic heterocycles. The van der Waals surface area contributed by atoms with Crippen molar-refractivity contribution in [2.75, 3.05) is 25.0 Å².